The maximum atomic E-state index is 14.4. The zero-order valence-electron chi connectivity index (χ0n) is 17.0. The van der Waals surface area contributed by atoms with E-state index >= 15 is 0 Å². The summed E-state index contributed by atoms with van der Waals surface area (Å²) < 4.78 is 39.2. The van der Waals surface area contributed by atoms with Gasteiger partial charge in [0.2, 0.25) is 0 Å². The number of esters is 1. The van der Waals surface area contributed by atoms with Gasteiger partial charge < -0.3 is 9.47 Å². The number of aryl methyl sites for hydroxylation is 2. The first kappa shape index (κ1) is 22.0. The van der Waals surface area contributed by atoms with Crippen molar-refractivity contribution in [2.75, 3.05) is 6.61 Å². The monoisotopic (exact) mass is 430 g/mol. The van der Waals surface area contributed by atoms with E-state index in [1.165, 1.54) is 17.7 Å². The first-order valence-corrected chi connectivity index (χ1v) is 10.8. The normalized spacial score (nSPS) is 10.8. The summed E-state index contributed by atoms with van der Waals surface area (Å²) in [5.41, 5.74) is 3.56. The third-order valence-electron chi connectivity index (χ3n) is 4.72. The molecule has 2 aromatic carbocycles. The molecule has 158 valence electrons. The minimum Gasteiger partial charge on any atom is -0.483 e. The van der Waals surface area contributed by atoms with Crippen LogP contribution < -0.4 is 4.74 Å². The summed E-state index contributed by atoms with van der Waals surface area (Å²) in [7, 11) is 0. The molecule has 3 nitrogen and oxygen atoms in total. The quantitative estimate of drug-likeness (QED) is 0.372. The number of hydrogen-bond donors (Lipinski definition) is 0. The predicted molar refractivity (Wildman–Crippen MR) is 115 cm³/mol. The molecule has 3 rings (SSSR count). The van der Waals surface area contributed by atoms with Crippen LogP contribution in [0, 0.1) is 11.6 Å². The Kier molecular flexibility index (Phi) is 7.57. The van der Waals surface area contributed by atoms with Crippen LogP contribution in [-0.2, 0) is 29.0 Å². The summed E-state index contributed by atoms with van der Waals surface area (Å²) in [6.45, 7) is 4.15. The SMILES string of the molecule is CCOC(=O)CCc1cc(F)c(OCc2ccsc2-c2ccc(CC)cc2)c(F)c1. The summed E-state index contributed by atoms with van der Waals surface area (Å²) in [6.07, 6.45) is 1.24. The predicted octanol–water partition coefficient (Wildman–Crippen LogP) is 6.33. The van der Waals surface area contributed by atoms with Crippen LogP contribution in [0.4, 0.5) is 8.78 Å². The molecule has 1 aromatic heterocycles. The average Bonchev–Trinajstić information content (AvgIpc) is 3.20. The zero-order chi connectivity index (χ0) is 21.5. The Labute approximate surface area is 179 Å². The summed E-state index contributed by atoms with van der Waals surface area (Å²) >= 11 is 1.56. The fourth-order valence-electron chi connectivity index (χ4n) is 3.12. The van der Waals surface area contributed by atoms with Gasteiger partial charge in [0.25, 0.3) is 0 Å². The van der Waals surface area contributed by atoms with E-state index in [2.05, 4.69) is 19.1 Å². The van der Waals surface area contributed by atoms with Crippen molar-refractivity contribution in [1.82, 2.24) is 0 Å². The molecule has 6 heteroatoms. The standard InChI is InChI=1S/C24H24F2O3S/c1-3-16-5-8-18(9-6-16)24-19(11-12-30-24)15-29-23-20(25)13-17(14-21(23)26)7-10-22(27)28-4-2/h5-6,8-9,11-14H,3-4,7,10,15H2,1-2H3. The summed E-state index contributed by atoms with van der Waals surface area (Å²) in [4.78, 5) is 12.5. The fraction of sp³-hybridized carbons (Fsp3) is 0.292. The topological polar surface area (TPSA) is 35.5 Å². The lowest BCUT2D eigenvalue weighted by atomic mass is 10.1. The van der Waals surface area contributed by atoms with Gasteiger partial charge >= 0.3 is 5.97 Å². The van der Waals surface area contributed by atoms with Crippen molar-refractivity contribution in [3.05, 3.63) is 76.2 Å². The van der Waals surface area contributed by atoms with Gasteiger partial charge in [0, 0.05) is 16.9 Å². The van der Waals surface area contributed by atoms with Crippen molar-refractivity contribution >= 4 is 17.3 Å². The highest BCUT2D eigenvalue weighted by Gasteiger charge is 2.15. The van der Waals surface area contributed by atoms with E-state index in [-0.39, 0.29) is 26.1 Å². The third kappa shape index (κ3) is 5.45. The van der Waals surface area contributed by atoms with Crippen molar-refractivity contribution in [1.29, 1.82) is 0 Å². The van der Waals surface area contributed by atoms with Crippen LogP contribution in [0.1, 0.15) is 37.0 Å². The van der Waals surface area contributed by atoms with Crippen LogP contribution in [0.2, 0.25) is 0 Å². The first-order chi connectivity index (χ1) is 14.5. The van der Waals surface area contributed by atoms with Gasteiger partial charge in [0.15, 0.2) is 17.4 Å². The average molecular weight is 431 g/mol. The van der Waals surface area contributed by atoms with E-state index in [0.29, 0.717) is 5.56 Å². The van der Waals surface area contributed by atoms with Crippen LogP contribution in [0.25, 0.3) is 10.4 Å². The number of ether oxygens (including phenoxy) is 2. The van der Waals surface area contributed by atoms with Gasteiger partial charge in [-0.05, 0) is 60.0 Å². The Morgan fingerprint density at radius 2 is 1.70 bits per heavy atom. The molecule has 0 spiro atoms. The van der Waals surface area contributed by atoms with E-state index in [1.54, 1.807) is 18.3 Å². The molecule has 0 saturated heterocycles. The molecular formula is C24H24F2O3S. The Balaban J connectivity index is 1.69. The Hall–Kier alpha value is -2.73. The zero-order valence-corrected chi connectivity index (χ0v) is 17.9. The molecule has 30 heavy (non-hydrogen) atoms. The molecule has 0 atom stereocenters. The van der Waals surface area contributed by atoms with Crippen LogP contribution in [0.3, 0.4) is 0 Å². The van der Waals surface area contributed by atoms with E-state index in [1.807, 2.05) is 23.6 Å². The maximum Gasteiger partial charge on any atom is 0.306 e. The van der Waals surface area contributed by atoms with Gasteiger partial charge in [-0.15, -0.1) is 11.3 Å². The van der Waals surface area contributed by atoms with E-state index < -0.39 is 23.4 Å². The summed E-state index contributed by atoms with van der Waals surface area (Å²) in [6, 6.07) is 12.6. The van der Waals surface area contributed by atoms with E-state index in [9.17, 15) is 13.6 Å². The molecule has 0 unspecified atom stereocenters. The van der Waals surface area contributed by atoms with Crippen molar-refractivity contribution in [2.24, 2.45) is 0 Å². The largest absolute Gasteiger partial charge is 0.483 e. The van der Waals surface area contributed by atoms with Gasteiger partial charge in [0.1, 0.15) is 6.61 Å². The van der Waals surface area contributed by atoms with E-state index in [4.69, 9.17) is 9.47 Å². The fourth-order valence-corrected chi connectivity index (χ4v) is 4.04. The molecule has 0 fully saturated rings. The number of rotatable bonds is 9. The first-order valence-electron chi connectivity index (χ1n) is 9.93. The summed E-state index contributed by atoms with van der Waals surface area (Å²) in [5, 5.41) is 1.94. The Bertz CT molecular complexity index is 973. The van der Waals surface area contributed by atoms with Gasteiger partial charge in [-0.2, -0.15) is 0 Å². The minimum absolute atomic E-state index is 0.0599. The molecular weight excluding hydrogens is 406 g/mol. The van der Waals surface area contributed by atoms with Gasteiger partial charge in [-0.1, -0.05) is 31.2 Å². The molecule has 0 N–H and O–H groups in total. The molecule has 0 aliphatic rings. The van der Waals surface area contributed by atoms with Crippen LogP contribution in [0.5, 0.6) is 5.75 Å². The van der Waals surface area contributed by atoms with Crippen molar-refractivity contribution < 1.29 is 23.0 Å². The molecule has 0 amide bonds. The highest BCUT2D eigenvalue weighted by atomic mass is 32.1. The van der Waals surface area contributed by atoms with Crippen molar-refractivity contribution in [3.63, 3.8) is 0 Å². The molecule has 3 aromatic rings. The van der Waals surface area contributed by atoms with Crippen LogP contribution >= 0.6 is 11.3 Å². The van der Waals surface area contributed by atoms with Crippen molar-refractivity contribution in [2.45, 2.75) is 39.7 Å². The van der Waals surface area contributed by atoms with E-state index in [0.717, 1.165) is 22.4 Å². The lowest BCUT2D eigenvalue weighted by Crippen LogP contribution is -2.06. The second kappa shape index (κ2) is 10.3. The number of halogens is 2. The number of hydrogen-bond acceptors (Lipinski definition) is 4. The van der Waals surface area contributed by atoms with Gasteiger partial charge in [-0.3, -0.25) is 4.79 Å². The number of carbonyl (C=O) groups is 1. The molecule has 0 aliphatic heterocycles. The highest BCUT2D eigenvalue weighted by molar-refractivity contribution is 7.13. The molecule has 0 saturated carbocycles. The molecule has 0 bridgehead atoms. The summed E-state index contributed by atoms with van der Waals surface area (Å²) in [5.74, 6) is -2.36. The van der Waals surface area contributed by atoms with Crippen molar-refractivity contribution in [3.8, 4) is 16.2 Å². The number of thiophene rings is 1. The van der Waals surface area contributed by atoms with Crippen LogP contribution in [0.15, 0.2) is 47.8 Å². The van der Waals surface area contributed by atoms with Gasteiger partial charge in [-0.25, -0.2) is 8.78 Å². The highest BCUT2D eigenvalue weighted by Crippen LogP contribution is 2.32. The molecule has 1 heterocycles. The molecule has 0 radical (unpaired) electrons. The second-order valence-corrected chi connectivity index (χ2v) is 7.72. The lowest BCUT2D eigenvalue weighted by Gasteiger charge is -2.11. The second-order valence-electron chi connectivity index (χ2n) is 6.81. The third-order valence-corrected chi connectivity index (χ3v) is 5.73. The Morgan fingerprint density at radius 3 is 2.33 bits per heavy atom. The Morgan fingerprint density at radius 1 is 1.00 bits per heavy atom. The lowest BCUT2D eigenvalue weighted by molar-refractivity contribution is -0.143. The van der Waals surface area contributed by atoms with Crippen LogP contribution in [-0.4, -0.2) is 12.6 Å². The molecule has 0 aliphatic carbocycles. The smallest absolute Gasteiger partial charge is 0.306 e. The number of benzene rings is 2. The number of carbonyl (C=O) groups excluding carboxylic acids is 1. The van der Waals surface area contributed by atoms with Gasteiger partial charge in [0.05, 0.1) is 6.61 Å². The minimum atomic E-state index is -0.780. The maximum absolute atomic E-state index is 14.4.